The average Bonchev–Trinajstić information content (AvgIpc) is 2.74. The van der Waals surface area contributed by atoms with Crippen LogP contribution >= 0.6 is 0 Å². The molecule has 0 unspecified atom stereocenters. The summed E-state index contributed by atoms with van der Waals surface area (Å²) in [5, 5.41) is 5.73. The van der Waals surface area contributed by atoms with E-state index in [0.717, 1.165) is 24.8 Å². The van der Waals surface area contributed by atoms with Gasteiger partial charge in [-0.3, -0.25) is 14.6 Å². The molecule has 0 atom stereocenters. The van der Waals surface area contributed by atoms with Crippen LogP contribution in [0.5, 0.6) is 5.75 Å². The van der Waals surface area contributed by atoms with Crippen LogP contribution in [0.2, 0.25) is 0 Å². The summed E-state index contributed by atoms with van der Waals surface area (Å²) >= 11 is 0. The Morgan fingerprint density at radius 2 is 2.00 bits per heavy atom. The van der Waals surface area contributed by atoms with Crippen LogP contribution in [0.25, 0.3) is 0 Å². The third kappa shape index (κ3) is 5.67. The van der Waals surface area contributed by atoms with Gasteiger partial charge >= 0.3 is 0 Å². The Labute approximate surface area is 171 Å². The molecule has 2 amide bonds. The lowest BCUT2D eigenvalue weighted by Gasteiger charge is -2.13. The fourth-order valence-corrected chi connectivity index (χ4v) is 3.37. The molecule has 0 bridgehead atoms. The number of rotatable bonds is 7. The van der Waals surface area contributed by atoms with Crippen LogP contribution in [-0.4, -0.2) is 30.5 Å². The fourth-order valence-electron chi connectivity index (χ4n) is 3.37. The molecule has 1 heterocycles. The van der Waals surface area contributed by atoms with Gasteiger partial charge in [0.15, 0.2) is 0 Å². The van der Waals surface area contributed by atoms with Crippen LogP contribution < -0.4 is 15.4 Å². The number of allylic oxidation sites excluding steroid dienone is 1. The van der Waals surface area contributed by atoms with E-state index in [4.69, 9.17) is 4.74 Å². The Bertz CT molecular complexity index is 921. The van der Waals surface area contributed by atoms with E-state index in [2.05, 4.69) is 21.7 Å². The zero-order valence-corrected chi connectivity index (χ0v) is 17.0. The highest BCUT2D eigenvalue weighted by Crippen LogP contribution is 2.25. The van der Waals surface area contributed by atoms with E-state index in [1.807, 2.05) is 19.1 Å². The molecule has 152 valence electrons. The molecule has 6 heteroatoms. The highest BCUT2D eigenvalue weighted by molar-refractivity contribution is 6.05. The number of methoxy groups -OCH3 is 1. The lowest BCUT2D eigenvalue weighted by molar-refractivity contribution is 0.0954. The second-order valence-electron chi connectivity index (χ2n) is 7.20. The summed E-state index contributed by atoms with van der Waals surface area (Å²) in [7, 11) is 1.55. The number of hydrogen-bond acceptors (Lipinski definition) is 4. The molecule has 1 aliphatic rings. The van der Waals surface area contributed by atoms with Crippen LogP contribution in [-0.2, 0) is 0 Å². The number of hydrogen-bond donors (Lipinski definition) is 2. The van der Waals surface area contributed by atoms with Crippen molar-refractivity contribution in [2.24, 2.45) is 0 Å². The van der Waals surface area contributed by atoms with E-state index in [-0.39, 0.29) is 11.6 Å². The van der Waals surface area contributed by atoms with Crippen molar-refractivity contribution in [2.45, 2.75) is 39.0 Å². The molecule has 0 saturated heterocycles. The van der Waals surface area contributed by atoms with Crippen molar-refractivity contribution in [1.82, 2.24) is 10.3 Å². The van der Waals surface area contributed by atoms with Gasteiger partial charge in [0.05, 0.1) is 12.8 Å². The second kappa shape index (κ2) is 9.87. The van der Waals surface area contributed by atoms with E-state index in [1.54, 1.807) is 19.2 Å². The SMILES string of the molecule is COc1ccc(C)cc1NC(=O)c1cc(C(=O)NCCC2=CCCCC2)ccn1. The van der Waals surface area contributed by atoms with Crippen molar-refractivity contribution in [2.75, 3.05) is 19.0 Å². The minimum absolute atomic E-state index is 0.177. The summed E-state index contributed by atoms with van der Waals surface area (Å²) in [5.74, 6) is -0.0308. The first-order valence-corrected chi connectivity index (χ1v) is 9.95. The monoisotopic (exact) mass is 393 g/mol. The van der Waals surface area contributed by atoms with Gasteiger partial charge in [-0.25, -0.2) is 0 Å². The molecule has 2 aromatic rings. The van der Waals surface area contributed by atoms with Crippen LogP contribution in [0.1, 0.15) is 58.5 Å². The number of carbonyl (C=O) groups excluding carboxylic acids is 2. The number of pyridine rings is 1. The van der Waals surface area contributed by atoms with Crippen LogP contribution in [0, 0.1) is 6.92 Å². The van der Waals surface area contributed by atoms with Crippen LogP contribution in [0.3, 0.4) is 0 Å². The number of aromatic nitrogens is 1. The summed E-state index contributed by atoms with van der Waals surface area (Å²) in [6.07, 6.45) is 9.37. The van der Waals surface area contributed by atoms with Crippen LogP contribution in [0.15, 0.2) is 48.2 Å². The predicted molar refractivity (Wildman–Crippen MR) is 113 cm³/mol. The smallest absolute Gasteiger partial charge is 0.274 e. The molecular weight excluding hydrogens is 366 g/mol. The Morgan fingerprint density at radius 1 is 1.14 bits per heavy atom. The number of ether oxygens (including phenoxy) is 1. The summed E-state index contributed by atoms with van der Waals surface area (Å²) < 4.78 is 5.29. The van der Waals surface area contributed by atoms with Crippen molar-refractivity contribution in [3.63, 3.8) is 0 Å². The van der Waals surface area contributed by atoms with Gasteiger partial charge in [-0.15, -0.1) is 0 Å². The molecule has 0 aliphatic heterocycles. The van der Waals surface area contributed by atoms with Gasteiger partial charge in [0.25, 0.3) is 11.8 Å². The quantitative estimate of drug-likeness (QED) is 0.689. The number of aryl methyl sites for hydroxylation is 1. The van der Waals surface area contributed by atoms with Crippen molar-refractivity contribution in [3.8, 4) is 5.75 Å². The molecule has 0 saturated carbocycles. The van der Waals surface area contributed by atoms with Gasteiger partial charge in [0.2, 0.25) is 0 Å². The van der Waals surface area contributed by atoms with Gasteiger partial charge in [0.1, 0.15) is 11.4 Å². The van der Waals surface area contributed by atoms with E-state index >= 15 is 0 Å². The van der Waals surface area contributed by atoms with E-state index < -0.39 is 5.91 Å². The third-order valence-corrected chi connectivity index (χ3v) is 4.97. The minimum atomic E-state index is -0.393. The molecule has 0 fully saturated rings. The first kappa shape index (κ1) is 20.6. The Hall–Kier alpha value is -3.15. The molecular formula is C23H27N3O3. The van der Waals surface area contributed by atoms with Gasteiger partial charge < -0.3 is 15.4 Å². The lowest BCUT2D eigenvalue weighted by atomic mass is 9.97. The first-order valence-electron chi connectivity index (χ1n) is 9.95. The van der Waals surface area contributed by atoms with Gasteiger partial charge in [-0.1, -0.05) is 17.7 Å². The number of nitrogens with one attached hydrogen (secondary N) is 2. The van der Waals surface area contributed by atoms with Crippen molar-refractivity contribution in [1.29, 1.82) is 0 Å². The Balaban J connectivity index is 1.62. The molecule has 2 N–H and O–H groups in total. The normalized spacial score (nSPS) is 13.4. The molecule has 0 spiro atoms. The zero-order chi connectivity index (χ0) is 20.6. The van der Waals surface area contributed by atoms with Crippen LogP contribution in [0.4, 0.5) is 5.69 Å². The fraction of sp³-hybridized carbons (Fsp3) is 0.348. The maximum absolute atomic E-state index is 12.6. The summed E-state index contributed by atoms with van der Waals surface area (Å²) in [5.41, 5.74) is 3.57. The maximum atomic E-state index is 12.6. The summed E-state index contributed by atoms with van der Waals surface area (Å²) in [6.45, 7) is 2.52. The molecule has 29 heavy (non-hydrogen) atoms. The first-order chi connectivity index (χ1) is 14.1. The molecule has 1 aliphatic carbocycles. The Morgan fingerprint density at radius 3 is 2.76 bits per heavy atom. The number of carbonyl (C=O) groups is 2. The molecule has 0 radical (unpaired) electrons. The number of anilines is 1. The molecule has 1 aromatic heterocycles. The minimum Gasteiger partial charge on any atom is -0.495 e. The Kier molecular flexibility index (Phi) is 7.00. The summed E-state index contributed by atoms with van der Waals surface area (Å²) in [6, 6.07) is 8.64. The van der Waals surface area contributed by atoms with E-state index in [0.29, 0.717) is 23.5 Å². The highest BCUT2D eigenvalue weighted by atomic mass is 16.5. The zero-order valence-electron chi connectivity index (χ0n) is 17.0. The third-order valence-electron chi connectivity index (χ3n) is 4.97. The van der Waals surface area contributed by atoms with E-state index in [1.165, 1.54) is 30.7 Å². The van der Waals surface area contributed by atoms with Gasteiger partial charge in [0, 0.05) is 18.3 Å². The van der Waals surface area contributed by atoms with Gasteiger partial charge in [-0.05, 0) is 68.9 Å². The van der Waals surface area contributed by atoms with Crippen molar-refractivity contribution in [3.05, 3.63) is 65.0 Å². The van der Waals surface area contributed by atoms with Crippen molar-refractivity contribution >= 4 is 17.5 Å². The second-order valence-corrected chi connectivity index (χ2v) is 7.20. The van der Waals surface area contributed by atoms with E-state index in [9.17, 15) is 9.59 Å². The average molecular weight is 393 g/mol. The number of benzene rings is 1. The predicted octanol–water partition coefficient (Wildman–Crippen LogP) is 4.27. The van der Waals surface area contributed by atoms with Gasteiger partial charge in [-0.2, -0.15) is 0 Å². The number of nitrogens with zero attached hydrogens (tertiary/aromatic N) is 1. The molecule has 3 rings (SSSR count). The lowest BCUT2D eigenvalue weighted by Crippen LogP contribution is -2.25. The molecule has 1 aromatic carbocycles. The standard InChI is InChI=1S/C23H27N3O3/c1-16-8-9-21(29-2)19(14-16)26-23(28)20-15-18(11-13-24-20)22(27)25-12-10-17-6-4-3-5-7-17/h6,8-9,11,13-15H,3-5,7,10,12H2,1-2H3,(H,25,27)(H,26,28). The van der Waals surface area contributed by atoms with Crippen molar-refractivity contribution < 1.29 is 14.3 Å². The maximum Gasteiger partial charge on any atom is 0.274 e. The summed E-state index contributed by atoms with van der Waals surface area (Å²) in [4.78, 5) is 29.2. The topological polar surface area (TPSA) is 80.3 Å². The number of amides is 2. The highest BCUT2D eigenvalue weighted by Gasteiger charge is 2.14. The largest absolute Gasteiger partial charge is 0.495 e. The molecule has 6 nitrogen and oxygen atoms in total.